The second-order valence-electron chi connectivity index (χ2n) is 6.72. The summed E-state index contributed by atoms with van der Waals surface area (Å²) >= 11 is 0. The Hall–Kier alpha value is -0.980. The number of nitrogens with zero attached hydrogens (tertiary/aromatic N) is 1. The summed E-state index contributed by atoms with van der Waals surface area (Å²) in [5.41, 5.74) is 2.70. The fourth-order valence-corrected chi connectivity index (χ4v) is 3.50. The fraction of sp³-hybridized carbons (Fsp3) is 0.684. The van der Waals surface area contributed by atoms with Crippen LogP contribution in [0, 0.1) is 0 Å². The molecule has 1 aliphatic carbocycles. The molecule has 0 spiro atoms. The molecule has 1 fully saturated rings. The summed E-state index contributed by atoms with van der Waals surface area (Å²) in [6, 6.07) is 8.51. The molecule has 3 rings (SSSR count). The lowest BCUT2D eigenvalue weighted by atomic mass is 9.89. The summed E-state index contributed by atoms with van der Waals surface area (Å²) in [6.07, 6.45) is 3.03. The van der Waals surface area contributed by atoms with Crippen molar-refractivity contribution in [1.29, 1.82) is 0 Å². The number of nitrogens with one attached hydrogen (secondary N) is 1. The second kappa shape index (κ2) is 9.49. The zero-order valence-electron chi connectivity index (χ0n) is 14.5. The SMILES string of the molecule is O[C@@H](CNCCN1CCOCC1)CO[C@@H]1CCCc2ccccc21. The molecule has 0 unspecified atom stereocenters. The Morgan fingerprint density at radius 1 is 1.29 bits per heavy atom. The molecule has 2 N–H and O–H groups in total. The zero-order chi connectivity index (χ0) is 16.6. The monoisotopic (exact) mass is 334 g/mol. The molecule has 1 heterocycles. The first-order valence-corrected chi connectivity index (χ1v) is 9.21. The van der Waals surface area contributed by atoms with Crippen molar-refractivity contribution in [2.24, 2.45) is 0 Å². The molecule has 1 aromatic carbocycles. The Kier molecular flexibility index (Phi) is 7.05. The maximum absolute atomic E-state index is 10.1. The lowest BCUT2D eigenvalue weighted by molar-refractivity contribution is -0.0170. The molecule has 1 aliphatic heterocycles. The van der Waals surface area contributed by atoms with E-state index in [-0.39, 0.29) is 6.10 Å². The third-order valence-electron chi connectivity index (χ3n) is 4.89. The van der Waals surface area contributed by atoms with Crippen LogP contribution in [-0.2, 0) is 15.9 Å². The molecule has 1 saturated heterocycles. The van der Waals surface area contributed by atoms with E-state index >= 15 is 0 Å². The molecule has 0 saturated carbocycles. The molecule has 0 aromatic heterocycles. The van der Waals surface area contributed by atoms with Crippen molar-refractivity contribution in [3.05, 3.63) is 35.4 Å². The second-order valence-corrected chi connectivity index (χ2v) is 6.72. The van der Waals surface area contributed by atoms with E-state index < -0.39 is 6.10 Å². The number of hydrogen-bond acceptors (Lipinski definition) is 5. The van der Waals surface area contributed by atoms with Crippen LogP contribution in [0.4, 0.5) is 0 Å². The first kappa shape index (κ1) is 17.8. The highest BCUT2D eigenvalue weighted by Crippen LogP contribution is 2.32. The van der Waals surface area contributed by atoms with Gasteiger partial charge in [0.15, 0.2) is 0 Å². The smallest absolute Gasteiger partial charge is 0.0897 e. The normalized spacial score (nSPS) is 23.0. The molecule has 24 heavy (non-hydrogen) atoms. The van der Waals surface area contributed by atoms with Crippen molar-refractivity contribution in [2.75, 3.05) is 52.5 Å². The number of aryl methyl sites for hydroxylation is 1. The van der Waals surface area contributed by atoms with E-state index in [4.69, 9.17) is 9.47 Å². The van der Waals surface area contributed by atoms with Crippen LogP contribution in [0.5, 0.6) is 0 Å². The Labute approximate surface area is 144 Å². The minimum Gasteiger partial charge on any atom is -0.389 e. The number of aliphatic hydroxyl groups is 1. The van der Waals surface area contributed by atoms with Crippen LogP contribution in [0.2, 0.25) is 0 Å². The lowest BCUT2D eigenvalue weighted by Gasteiger charge is -2.27. The number of rotatable bonds is 8. The molecule has 0 bridgehead atoms. The van der Waals surface area contributed by atoms with Gasteiger partial charge < -0.3 is 19.9 Å². The number of fused-ring (bicyclic) bond motifs is 1. The van der Waals surface area contributed by atoms with Gasteiger partial charge in [-0.15, -0.1) is 0 Å². The molecule has 5 nitrogen and oxygen atoms in total. The molecule has 2 atom stereocenters. The van der Waals surface area contributed by atoms with Crippen LogP contribution in [0.3, 0.4) is 0 Å². The van der Waals surface area contributed by atoms with Gasteiger partial charge in [0, 0.05) is 32.7 Å². The molecule has 0 radical (unpaired) electrons. The van der Waals surface area contributed by atoms with Crippen LogP contribution >= 0.6 is 0 Å². The number of ether oxygens (including phenoxy) is 2. The van der Waals surface area contributed by atoms with Gasteiger partial charge in [-0.05, 0) is 30.4 Å². The summed E-state index contributed by atoms with van der Waals surface area (Å²) in [6.45, 7) is 6.56. The third-order valence-corrected chi connectivity index (χ3v) is 4.89. The Morgan fingerprint density at radius 3 is 3.00 bits per heavy atom. The van der Waals surface area contributed by atoms with Crippen LogP contribution in [0.15, 0.2) is 24.3 Å². The average molecular weight is 334 g/mol. The van der Waals surface area contributed by atoms with E-state index in [2.05, 4.69) is 34.5 Å². The van der Waals surface area contributed by atoms with E-state index in [0.29, 0.717) is 13.2 Å². The van der Waals surface area contributed by atoms with Crippen molar-refractivity contribution >= 4 is 0 Å². The van der Waals surface area contributed by atoms with Crippen LogP contribution in [0.1, 0.15) is 30.1 Å². The fourth-order valence-electron chi connectivity index (χ4n) is 3.50. The van der Waals surface area contributed by atoms with Gasteiger partial charge in [0.1, 0.15) is 0 Å². The van der Waals surface area contributed by atoms with E-state index in [1.54, 1.807) is 0 Å². The predicted octanol–water partition coefficient (Wildman–Crippen LogP) is 1.36. The van der Waals surface area contributed by atoms with Gasteiger partial charge in [-0.25, -0.2) is 0 Å². The van der Waals surface area contributed by atoms with Gasteiger partial charge in [-0.1, -0.05) is 24.3 Å². The maximum atomic E-state index is 10.1. The van der Waals surface area contributed by atoms with E-state index in [1.165, 1.54) is 11.1 Å². The van der Waals surface area contributed by atoms with Gasteiger partial charge in [-0.3, -0.25) is 4.90 Å². The van der Waals surface area contributed by atoms with E-state index in [1.807, 2.05) is 0 Å². The number of hydrogen-bond donors (Lipinski definition) is 2. The minimum atomic E-state index is -0.455. The quantitative estimate of drug-likeness (QED) is 0.703. The predicted molar refractivity (Wildman–Crippen MR) is 94.2 cm³/mol. The minimum absolute atomic E-state index is 0.137. The van der Waals surface area contributed by atoms with Gasteiger partial charge in [0.2, 0.25) is 0 Å². The van der Waals surface area contributed by atoms with Crippen molar-refractivity contribution in [2.45, 2.75) is 31.5 Å². The van der Waals surface area contributed by atoms with Crippen molar-refractivity contribution in [1.82, 2.24) is 10.2 Å². The molecule has 134 valence electrons. The van der Waals surface area contributed by atoms with Crippen LogP contribution in [-0.4, -0.2) is 68.7 Å². The van der Waals surface area contributed by atoms with Crippen molar-refractivity contribution in [3.8, 4) is 0 Å². The highest BCUT2D eigenvalue weighted by Gasteiger charge is 2.21. The van der Waals surface area contributed by atoms with Crippen molar-refractivity contribution in [3.63, 3.8) is 0 Å². The van der Waals surface area contributed by atoms with Gasteiger partial charge in [0.25, 0.3) is 0 Å². The Morgan fingerprint density at radius 2 is 2.12 bits per heavy atom. The van der Waals surface area contributed by atoms with Crippen molar-refractivity contribution < 1.29 is 14.6 Å². The number of benzene rings is 1. The summed E-state index contributed by atoms with van der Waals surface area (Å²) in [4.78, 5) is 2.39. The Bertz CT molecular complexity index is 491. The van der Waals surface area contributed by atoms with Crippen LogP contribution < -0.4 is 5.32 Å². The van der Waals surface area contributed by atoms with Gasteiger partial charge in [-0.2, -0.15) is 0 Å². The van der Waals surface area contributed by atoms with E-state index in [0.717, 1.165) is 58.7 Å². The number of aliphatic hydroxyl groups excluding tert-OH is 1. The Balaban J connectivity index is 1.32. The summed E-state index contributed by atoms with van der Waals surface area (Å²) in [5.74, 6) is 0. The van der Waals surface area contributed by atoms with E-state index in [9.17, 15) is 5.11 Å². The topological polar surface area (TPSA) is 54.0 Å². The molecule has 1 aromatic rings. The first-order chi connectivity index (χ1) is 11.8. The standard InChI is InChI=1S/C19H30N2O3/c22-17(14-20-8-9-21-10-12-23-13-11-21)15-24-19-7-3-5-16-4-1-2-6-18(16)19/h1-2,4,6,17,19-20,22H,3,5,7-15H2/t17-,19+/m0/s1. The summed E-state index contributed by atoms with van der Waals surface area (Å²) in [7, 11) is 0. The average Bonchev–Trinajstić information content (AvgIpc) is 2.64. The summed E-state index contributed by atoms with van der Waals surface area (Å²) < 4.78 is 11.3. The van der Waals surface area contributed by atoms with Crippen LogP contribution in [0.25, 0.3) is 0 Å². The zero-order valence-corrected chi connectivity index (χ0v) is 14.5. The highest BCUT2D eigenvalue weighted by molar-refractivity contribution is 5.31. The summed E-state index contributed by atoms with van der Waals surface area (Å²) in [5, 5.41) is 13.5. The molecule has 5 heteroatoms. The first-order valence-electron chi connectivity index (χ1n) is 9.21. The molecular formula is C19H30N2O3. The third kappa shape index (κ3) is 5.26. The number of morpholine rings is 1. The molecule has 2 aliphatic rings. The maximum Gasteiger partial charge on any atom is 0.0897 e. The largest absolute Gasteiger partial charge is 0.389 e. The molecule has 0 amide bonds. The van der Waals surface area contributed by atoms with Gasteiger partial charge >= 0.3 is 0 Å². The highest BCUT2D eigenvalue weighted by atomic mass is 16.5. The van der Waals surface area contributed by atoms with Gasteiger partial charge in [0.05, 0.1) is 32.0 Å². The lowest BCUT2D eigenvalue weighted by Crippen LogP contribution is -2.41. The molecular weight excluding hydrogens is 304 g/mol.